The van der Waals surface area contributed by atoms with Gasteiger partial charge in [-0.05, 0) is 18.4 Å². The molecular formula is C16H18N2O3. The van der Waals surface area contributed by atoms with Gasteiger partial charge in [-0.3, -0.25) is 9.59 Å². The second-order valence-corrected chi connectivity index (χ2v) is 5.33. The summed E-state index contributed by atoms with van der Waals surface area (Å²) >= 11 is 0. The molecule has 0 radical (unpaired) electrons. The number of nitrogens with one attached hydrogen (secondary N) is 1. The predicted molar refractivity (Wildman–Crippen MR) is 80.5 cm³/mol. The van der Waals surface area contributed by atoms with E-state index >= 15 is 0 Å². The number of aromatic nitrogens is 2. The first kappa shape index (κ1) is 15.0. The van der Waals surface area contributed by atoms with Crippen LogP contribution in [0.25, 0.3) is 11.4 Å². The zero-order chi connectivity index (χ0) is 15.6. The lowest BCUT2D eigenvalue weighted by Crippen LogP contribution is -2.20. The maximum absolute atomic E-state index is 12.0. The second kappa shape index (κ2) is 5.91. The molecule has 21 heavy (non-hydrogen) atoms. The number of aryl methyl sites for hydroxylation is 1. The lowest BCUT2D eigenvalue weighted by molar-refractivity contribution is -0.136. The van der Waals surface area contributed by atoms with Gasteiger partial charge in [-0.25, -0.2) is 4.98 Å². The van der Waals surface area contributed by atoms with E-state index in [-0.39, 0.29) is 12.0 Å². The molecule has 2 rings (SSSR count). The number of carboxylic acid groups (broad SMARTS) is 1. The summed E-state index contributed by atoms with van der Waals surface area (Å²) in [5, 5.41) is 8.80. The topological polar surface area (TPSA) is 83.0 Å². The minimum Gasteiger partial charge on any atom is -0.481 e. The van der Waals surface area contributed by atoms with Crippen molar-refractivity contribution >= 4 is 5.97 Å². The Labute approximate surface area is 122 Å². The van der Waals surface area contributed by atoms with Crippen molar-refractivity contribution in [2.45, 2.75) is 33.1 Å². The van der Waals surface area contributed by atoms with E-state index in [1.165, 1.54) is 5.56 Å². The molecular weight excluding hydrogens is 268 g/mol. The molecule has 0 saturated carbocycles. The van der Waals surface area contributed by atoms with Crippen LogP contribution < -0.4 is 5.56 Å². The fourth-order valence-electron chi connectivity index (χ4n) is 2.13. The van der Waals surface area contributed by atoms with Crippen LogP contribution in [0.5, 0.6) is 0 Å². The van der Waals surface area contributed by atoms with E-state index in [1.807, 2.05) is 24.3 Å². The lowest BCUT2D eigenvalue weighted by atomic mass is 10.0. The molecule has 2 aromatic rings. The number of rotatable bonds is 4. The van der Waals surface area contributed by atoms with Gasteiger partial charge in [0.1, 0.15) is 5.82 Å². The van der Waals surface area contributed by atoms with Gasteiger partial charge >= 0.3 is 5.97 Å². The van der Waals surface area contributed by atoms with E-state index in [1.54, 1.807) is 6.92 Å². The first-order valence-corrected chi connectivity index (χ1v) is 6.80. The van der Waals surface area contributed by atoms with Crippen LogP contribution in [0.3, 0.4) is 0 Å². The molecule has 0 aliphatic carbocycles. The van der Waals surface area contributed by atoms with Gasteiger partial charge in [-0.1, -0.05) is 38.1 Å². The highest BCUT2D eigenvalue weighted by molar-refractivity contribution is 5.70. The summed E-state index contributed by atoms with van der Waals surface area (Å²) in [6, 6.07) is 7.81. The molecule has 0 bridgehead atoms. The molecule has 0 atom stereocenters. The van der Waals surface area contributed by atoms with Gasteiger partial charge in [0.15, 0.2) is 0 Å². The number of carboxylic acids is 1. The molecule has 110 valence electrons. The van der Waals surface area contributed by atoms with Crippen molar-refractivity contribution in [1.29, 1.82) is 0 Å². The third-order valence-corrected chi connectivity index (χ3v) is 3.40. The molecule has 1 aromatic carbocycles. The van der Waals surface area contributed by atoms with Gasteiger partial charge in [0.25, 0.3) is 5.56 Å². The minimum absolute atomic E-state index is 0.199. The van der Waals surface area contributed by atoms with Gasteiger partial charge in [0.05, 0.1) is 6.42 Å². The zero-order valence-corrected chi connectivity index (χ0v) is 12.3. The largest absolute Gasteiger partial charge is 0.481 e. The van der Waals surface area contributed by atoms with Crippen molar-refractivity contribution in [1.82, 2.24) is 9.97 Å². The van der Waals surface area contributed by atoms with Gasteiger partial charge in [0, 0.05) is 16.8 Å². The molecule has 0 fully saturated rings. The predicted octanol–water partition coefficient (Wildman–Crippen LogP) is 2.50. The highest BCUT2D eigenvalue weighted by atomic mass is 16.4. The molecule has 0 saturated heterocycles. The highest BCUT2D eigenvalue weighted by Gasteiger charge is 2.12. The first-order valence-electron chi connectivity index (χ1n) is 6.80. The number of aromatic amines is 1. The fraction of sp³-hybridized carbons (Fsp3) is 0.312. The number of aliphatic carboxylic acids is 1. The summed E-state index contributed by atoms with van der Waals surface area (Å²) < 4.78 is 0. The number of carbonyl (C=O) groups is 1. The van der Waals surface area contributed by atoms with Gasteiger partial charge in [-0.15, -0.1) is 0 Å². The maximum Gasteiger partial charge on any atom is 0.308 e. The monoisotopic (exact) mass is 286 g/mol. The lowest BCUT2D eigenvalue weighted by Gasteiger charge is -2.08. The van der Waals surface area contributed by atoms with Crippen LogP contribution in [0.15, 0.2) is 29.1 Å². The fourth-order valence-corrected chi connectivity index (χ4v) is 2.13. The van der Waals surface area contributed by atoms with E-state index < -0.39 is 11.5 Å². The molecule has 0 aliphatic heterocycles. The summed E-state index contributed by atoms with van der Waals surface area (Å²) in [6.07, 6.45) is -0.319. The van der Waals surface area contributed by atoms with E-state index in [9.17, 15) is 9.59 Å². The van der Waals surface area contributed by atoms with Crippen LogP contribution >= 0.6 is 0 Å². The summed E-state index contributed by atoms with van der Waals surface area (Å²) in [5.74, 6) is -0.146. The van der Waals surface area contributed by atoms with E-state index in [0.717, 1.165) is 5.56 Å². The van der Waals surface area contributed by atoms with Crippen LogP contribution in [0, 0.1) is 6.92 Å². The molecule has 5 heteroatoms. The van der Waals surface area contributed by atoms with Crippen LogP contribution in [-0.4, -0.2) is 21.0 Å². The Morgan fingerprint density at radius 2 is 1.90 bits per heavy atom. The summed E-state index contributed by atoms with van der Waals surface area (Å²) in [7, 11) is 0. The third kappa shape index (κ3) is 3.37. The van der Waals surface area contributed by atoms with Gasteiger partial charge < -0.3 is 10.1 Å². The number of hydrogen-bond donors (Lipinski definition) is 2. The molecule has 5 nitrogen and oxygen atoms in total. The second-order valence-electron chi connectivity index (χ2n) is 5.33. The summed E-state index contributed by atoms with van der Waals surface area (Å²) in [4.78, 5) is 29.7. The zero-order valence-electron chi connectivity index (χ0n) is 12.3. The van der Waals surface area contributed by atoms with Crippen LogP contribution in [0.1, 0.15) is 36.6 Å². The molecule has 1 aromatic heterocycles. The molecule has 0 aliphatic rings. The van der Waals surface area contributed by atoms with Crippen molar-refractivity contribution in [3.8, 4) is 11.4 Å². The Hall–Kier alpha value is -2.43. The molecule has 0 amide bonds. The van der Waals surface area contributed by atoms with Crippen molar-refractivity contribution in [3.05, 3.63) is 51.4 Å². The van der Waals surface area contributed by atoms with E-state index in [2.05, 4.69) is 23.8 Å². The maximum atomic E-state index is 12.0. The summed E-state index contributed by atoms with van der Waals surface area (Å²) in [5.41, 5.74) is 2.27. The van der Waals surface area contributed by atoms with Crippen LogP contribution in [0.4, 0.5) is 0 Å². The quantitative estimate of drug-likeness (QED) is 0.904. The van der Waals surface area contributed by atoms with Crippen molar-refractivity contribution in [3.63, 3.8) is 0 Å². The highest BCUT2D eigenvalue weighted by Crippen LogP contribution is 2.20. The van der Waals surface area contributed by atoms with Crippen molar-refractivity contribution in [2.75, 3.05) is 0 Å². The number of hydrogen-bond acceptors (Lipinski definition) is 3. The Morgan fingerprint density at radius 3 is 2.38 bits per heavy atom. The van der Waals surface area contributed by atoms with E-state index in [0.29, 0.717) is 17.4 Å². The molecule has 2 N–H and O–H groups in total. The molecule has 0 spiro atoms. The van der Waals surface area contributed by atoms with Gasteiger partial charge in [0.2, 0.25) is 0 Å². The Balaban J connectivity index is 2.41. The van der Waals surface area contributed by atoms with Gasteiger partial charge in [-0.2, -0.15) is 0 Å². The smallest absolute Gasteiger partial charge is 0.308 e. The molecule has 0 unspecified atom stereocenters. The molecule has 1 heterocycles. The summed E-state index contributed by atoms with van der Waals surface area (Å²) in [6.45, 7) is 5.87. The average Bonchev–Trinajstić information content (AvgIpc) is 2.42. The Bertz CT molecular complexity index is 715. The van der Waals surface area contributed by atoms with Crippen LogP contribution in [-0.2, 0) is 11.2 Å². The Morgan fingerprint density at radius 1 is 1.29 bits per heavy atom. The van der Waals surface area contributed by atoms with Crippen LogP contribution in [0.2, 0.25) is 0 Å². The average molecular weight is 286 g/mol. The standard InChI is InChI=1S/C16H18N2O3/c1-9(2)11-4-6-12(7-5-11)15-17-10(3)13(8-14(19)20)16(21)18-15/h4-7,9H,8H2,1-3H3,(H,19,20)(H,17,18,21). The normalized spacial score (nSPS) is 10.9. The van der Waals surface area contributed by atoms with Crippen molar-refractivity contribution < 1.29 is 9.90 Å². The number of benzene rings is 1. The van der Waals surface area contributed by atoms with E-state index in [4.69, 9.17) is 5.11 Å². The first-order chi connectivity index (χ1) is 9.88. The third-order valence-electron chi connectivity index (χ3n) is 3.40. The SMILES string of the molecule is Cc1nc(-c2ccc(C(C)C)cc2)[nH]c(=O)c1CC(=O)O. The number of H-pyrrole nitrogens is 1. The Kier molecular flexibility index (Phi) is 4.21. The minimum atomic E-state index is -1.04. The van der Waals surface area contributed by atoms with Crippen molar-refractivity contribution in [2.24, 2.45) is 0 Å². The number of nitrogens with zero attached hydrogens (tertiary/aromatic N) is 1.